The molecule has 0 aromatic carbocycles. The van der Waals surface area contributed by atoms with E-state index in [-0.39, 0.29) is 11.8 Å². The number of aromatic nitrogens is 4. The lowest BCUT2D eigenvalue weighted by atomic mass is 9.75. The molecule has 0 bridgehead atoms. The van der Waals surface area contributed by atoms with E-state index in [0.29, 0.717) is 5.82 Å². The van der Waals surface area contributed by atoms with E-state index in [1.54, 1.807) is 17.3 Å². The standard InChI is InChI=1S/C20H21N5OS/c1-12-22-8-14(9-23-12)13-5-6-15-16(7-13)25(19(26)20(15,2)3)17-10-21-11-18(24-17)27-4/h5,7-11,15H,6H2,1-4H3. The van der Waals surface area contributed by atoms with Crippen molar-refractivity contribution in [3.63, 3.8) is 0 Å². The lowest BCUT2D eigenvalue weighted by Gasteiger charge is -2.25. The Hall–Kier alpha value is -2.54. The second-order valence-electron chi connectivity index (χ2n) is 7.32. The molecule has 3 heterocycles. The van der Waals surface area contributed by atoms with E-state index in [9.17, 15) is 4.79 Å². The zero-order valence-electron chi connectivity index (χ0n) is 15.8. The molecule has 27 heavy (non-hydrogen) atoms. The summed E-state index contributed by atoms with van der Waals surface area (Å²) in [5.41, 5.74) is 2.46. The highest BCUT2D eigenvalue weighted by Crippen LogP contribution is 2.50. The highest BCUT2D eigenvalue weighted by Gasteiger charge is 2.52. The summed E-state index contributed by atoms with van der Waals surface area (Å²) in [5.74, 6) is 1.49. The summed E-state index contributed by atoms with van der Waals surface area (Å²) < 4.78 is 0. The Morgan fingerprint density at radius 1 is 1.19 bits per heavy atom. The molecule has 2 aliphatic rings. The summed E-state index contributed by atoms with van der Waals surface area (Å²) in [6, 6.07) is 0. The summed E-state index contributed by atoms with van der Waals surface area (Å²) >= 11 is 1.51. The van der Waals surface area contributed by atoms with E-state index < -0.39 is 5.41 Å². The SMILES string of the molecule is CSc1cncc(N2C(=O)C(C)(C)C3CC=C(c4cnc(C)nc4)C=C32)n1. The minimum Gasteiger partial charge on any atom is -0.273 e. The van der Waals surface area contributed by atoms with Crippen LogP contribution in [0, 0.1) is 18.3 Å². The number of carbonyl (C=O) groups excluding carboxylic acids is 1. The maximum Gasteiger partial charge on any atom is 0.238 e. The first-order valence-corrected chi connectivity index (χ1v) is 10.1. The fourth-order valence-electron chi connectivity index (χ4n) is 3.65. The molecule has 1 unspecified atom stereocenters. The first-order valence-electron chi connectivity index (χ1n) is 8.83. The molecule has 7 heteroatoms. The molecule has 0 N–H and O–H groups in total. The highest BCUT2D eigenvalue weighted by molar-refractivity contribution is 7.98. The third-order valence-electron chi connectivity index (χ3n) is 5.27. The predicted octanol–water partition coefficient (Wildman–Crippen LogP) is 3.66. The Balaban J connectivity index is 1.80. The number of thioether (sulfide) groups is 1. The van der Waals surface area contributed by atoms with Crippen molar-refractivity contribution in [3.05, 3.63) is 54.0 Å². The number of fused-ring (bicyclic) bond motifs is 1. The van der Waals surface area contributed by atoms with Crippen molar-refractivity contribution in [2.75, 3.05) is 11.2 Å². The van der Waals surface area contributed by atoms with Gasteiger partial charge in [0.25, 0.3) is 0 Å². The van der Waals surface area contributed by atoms with E-state index in [0.717, 1.165) is 34.1 Å². The van der Waals surface area contributed by atoms with Crippen LogP contribution in [0.4, 0.5) is 5.82 Å². The lowest BCUT2D eigenvalue weighted by molar-refractivity contribution is -0.125. The van der Waals surface area contributed by atoms with Crippen LogP contribution >= 0.6 is 11.8 Å². The molecule has 1 atom stereocenters. The summed E-state index contributed by atoms with van der Waals surface area (Å²) in [5, 5.41) is 0.792. The van der Waals surface area contributed by atoms with Crippen LogP contribution in [0.25, 0.3) is 5.57 Å². The molecule has 0 spiro atoms. The Morgan fingerprint density at radius 3 is 2.63 bits per heavy atom. The number of carbonyl (C=O) groups is 1. The number of aryl methyl sites for hydroxylation is 1. The van der Waals surface area contributed by atoms with Gasteiger partial charge in [0.2, 0.25) is 5.91 Å². The van der Waals surface area contributed by atoms with Gasteiger partial charge in [0.05, 0.1) is 17.8 Å². The molecule has 6 nitrogen and oxygen atoms in total. The van der Waals surface area contributed by atoms with Crippen molar-refractivity contribution in [1.29, 1.82) is 0 Å². The van der Waals surface area contributed by atoms with Gasteiger partial charge in [-0.1, -0.05) is 19.9 Å². The predicted molar refractivity (Wildman–Crippen MR) is 106 cm³/mol. The Labute approximate surface area is 162 Å². The molecule has 1 aliphatic carbocycles. The Bertz CT molecular complexity index is 965. The number of allylic oxidation sites excluding steroid dienone is 4. The van der Waals surface area contributed by atoms with E-state index in [1.165, 1.54) is 11.8 Å². The topological polar surface area (TPSA) is 71.9 Å². The Kier molecular flexibility index (Phi) is 4.34. The van der Waals surface area contributed by atoms with Crippen LogP contribution in [-0.4, -0.2) is 32.1 Å². The maximum absolute atomic E-state index is 13.2. The minimum absolute atomic E-state index is 0.0566. The number of rotatable bonds is 3. The third-order valence-corrected chi connectivity index (χ3v) is 5.88. The van der Waals surface area contributed by atoms with Crippen molar-refractivity contribution in [2.24, 2.45) is 11.3 Å². The number of hydrogen-bond acceptors (Lipinski definition) is 6. The molecule has 0 radical (unpaired) electrons. The van der Waals surface area contributed by atoms with Gasteiger partial charge in [0.1, 0.15) is 10.9 Å². The molecule has 1 fully saturated rings. The van der Waals surface area contributed by atoms with Crippen molar-refractivity contribution in [2.45, 2.75) is 32.2 Å². The lowest BCUT2D eigenvalue weighted by Crippen LogP contribution is -2.32. The van der Waals surface area contributed by atoms with E-state index in [4.69, 9.17) is 0 Å². The van der Waals surface area contributed by atoms with E-state index in [1.807, 2.05) is 39.4 Å². The van der Waals surface area contributed by atoms with E-state index in [2.05, 4.69) is 32.1 Å². The quantitative estimate of drug-likeness (QED) is 0.758. The first-order chi connectivity index (χ1) is 12.9. The molecular weight excluding hydrogens is 358 g/mol. The number of anilines is 1. The number of hydrogen-bond donors (Lipinski definition) is 0. The fourth-order valence-corrected chi connectivity index (χ4v) is 4.00. The van der Waals surface area contributed by atoms with Gasteiger partial charge in [0, 0.05) is 29.6 Å². The molecular formula is C20H21N5OS. The van der Waals surface area contributed by atoms with E-state index >= 15 is 0 Å². The monoisotopic (exact) mass is 379 g/mol. The van der Waals surface area contributed by atoms with Gasteiger partial charge < -0.3 is 0 Å². The second-order valence-corrected chi connectivity index (χ2v) is 8.14. The maximum atomic E-state index is 13.2. The third kappa shape index (κ3) is 2.96. The van der Waals surface area contributed by atoms with Crippen LogP contribution in [-0.2, 0) is 4.79 Å². The number of amides is 1. The van der Waals surface area contributed by atoms with Crippen molar-refractivity contribution in [3.8, 4) is 0 Å². The average molecular weight is 379 g/mol. The molecule has 1 aliphatic heterocycles. The molecule has 1 saturated heterocycles. The molecule has 4 rings (SSSR count). The van der Waals surface area contributed by atoms with Gasteiger partial charge in [-0.25, -0.2) is 15.0 Å². The van der Waals surface area contributed by atoms with Gasteiger partial charge >= 0.3 is 0 Å². The summed E-state index contributed by atoms with van der Waals surface area (Å²) in [7, 11) is 0. The zero-order chi connectivity index (χ0) is 19.2. The van der Waals surface area contributed by atoms with Crippen LogP contribution in [0.2, 0.25) is 0 Å². The fraction of sp³-hybridized carbons (Fsp3) is 0.350. The summed E-state index contributed by atoms with van der Waals surface area (Å²) in [6.45, 7) is 5.88. The van der Waals surface area contributed by atoms with Crippen LogP contribution in [0.15, 0.2) is 47.7 Å². The van der Waals surface area contributed by atoms with Crippen LogP contribution in [0.3, 0.4) is 0 Å². The summed E-state index contributed by atoms with van der Waals surface area (Å²) in [6.07, 6.45) is 14.0. The largest absolute Gasteiger partial charge is 0.273 e. The zero-order valence-corrected chi connectivity index (χ0v) is 16.6. The second kappa shape index (κ2) is 6.56. The summed E-state index contributed by atoms with van der Waals surface area (Å²) in [4.78, 5) is 32.5. The van der Waals surface area contributed by atoms with Gasteiger partial charge in [-0.15, -0.1) is 11.8 Å². The van der Waals surface area contributed by atoms with Gasteiger partial charge in [-0.05, 0) is 31.2 Å². The minimum atomic E-state index is -0.491. The normalized spacial score (nSPS) is 21.0. The van der Waals surface area contributed by atoms with Gasteiger partial charge in [-0.2, -0.15) is 0 Å². The average Bonchev–Trinajstić information content (AvgIpc) is 2.88. The molecule has 138 valence electrons. The van der Waals surface area contributed by atoms with Crippen molar-refractivity contribution >= 4 is 29.1 Å². The van der Waals surface area contributed by atoms with Gasteiger partial charge in [0.15, 0.2) is 5.82 Å². The molecule has 1 amide bonds. The molecule has 2 aromatic heterocycles. The molecule has 2 aromatic rings. The van der Waals surface area contributed by atoms with Gasteiger partial charge in [-0.3, -0.25) is 14.7 Å². The smallest absolute Gasteiger partial charge is 0.238 e. The van der Waals surface area contributed by atoms with Crippen LogP contribution < -0.4 is 4.90 Å². The van der Waals surface area contributed by atoms with Crippen molar-refractivity contribution in [1.82, 2.24) is 19.9 Å². The van der Waals surface area contributed by atoms with Crippen LogP contribution in [0.5, 0.6) is 0 Å². The highest BCUT2D eigenvalue weighted by atomic mass is 32.2. The Morgan fingerprint density at radius 2 is 1.93 bits per heavy atom. The first kappa shape index (κ1) is 17.9. The molecule has 0 saturated carbocycles. The van der Waals surface area contributed by atoms with Crippen molar-refractivity contribution < 1.29 is 4.79 Å². The van der Waals surface area contributed by atoms with Crippen LogP contribution in [0.1, 0.15) is 31.7 Å². The number of nitrogens with zero attached hydrogens (tertiary/aromatic N) is 5.